The van der Waals surface area contributed by atoms with Crippen LogP contribution in [0.25, 0.3) is 11.3 Å². The van der Waals surface area contributed by atoms with E-state index in [2.05, 4.69) is 15.5 Å². The Kier molecular flexibility index (Phi) is 5.65. The number of furan rings is 1. The zero-order chi connectivity index (χ0) is 18.7. The normalized spacial score (nSPS) is 18.6. The summed E-state index contributed by atoms with van der Waals surface area (Å²) in [5.41, 5.74) is 0.653. The summed E-state index contributed by atoms with van der Waals surface area (Å²) in [7, 11) is 0. The Labute approximate surface area is 162 Å². The molecule has 1 aromatic heterocycles. The standard InChI is InChI=1S/C16H11Cl2N3O4S/c17-8-1-3-11(18)10(5-8)12-4-2-9(25-12)7-19-21-16-20-15(24)13(26-16)6-14(22)23/h1-5,7,13H,6H2,(H,22,23)(H,20,21,24)/b19-7+. The monoisotopic (exact) mass is 411 g/mol. The largest absolute Gasteiger partial charge is 0.481 e. The maximum atomic E-state index is 11.6. The molecule has 2 heterocycles. The highest BCUT2D eigenvalue weighted by atomic mass is 35.5. The summed E-state index contributed by atoms with van der Waals surface area (Å²) in [5.74, 6) is -0.499. The van der Waals surface area contributed by atoms with E-state index in [0.29, 0.717) is 27.1 Å². The van der Waals surface area contributed by atoms with Crippen molar-refractivity contribution in [2.75, 3.05) is 0 Å². The van der Waals surface area contributed by atoms with Crippen molar-refractivity contribution in [3.8, 4) is 11.3 Å². The van der Waals surface area contributed by atoms with Gasteiger partial charge in [0.1, 0.15) is 16.8 Å². The van der Waals surface area contributed by atoms with E-state index in [-0.39, 0.29) is 11.6 Å². The lowest BCUT2D eigenvalue weighted by molar-refractivity contribution is -0.138. The van der Waals surface area contributed by atoms with Crippen molar-refractivity contribution < 1.29 is 19.1 Å². The minimum atomic E-state index is -1.05. The first kappa shape index (κ1) is 18.5. The summed E-state index contributed by atoms with van der Waals surface area (Å²) in [6, 6.07) is 8.46. The number of carbonyl (C=O) groups is 2. The Hall–Kier alpha value is -2.29. The number of carbonyl (C=O) groups excluding carboxylic acids is 1. The average molecular weight is 412 g/mol. The second kappa shape index (κ2) is 7.94. The van der Waals surface area contributed by atoms with Gasteiger partial charge in [-0.05, 0) is 30.3 Å². The van der Waals surface area contributed by atoms with Crippen LogP contribution in [-0.2, 0) is 9.59 Å². The van der Waals surface area contributed by atoms with Gasteiger partial charge in [0.25, 0.3) is 0 Å². The fraction of sp³-hybridized carbons (Fsp3) is 0.125. The Morgan fingerprint density at radius 1 is 1.35 bits per heavy atom. The molecule has 1 unspecified atom stereocenters. The number of rotatable bonds is 5. The molecule has 1 amide bonds. The van der Waals surface area contributed by atoms with Crippen LogP contribution in [-0.4, -0.2) is 33.6 Å². The number of hydrogen-bond acceptors (Lipinski definition) is 6. The van der Waals surface area contributed by atoms with E-state index in [1.165, 1.54) is 6.21 Å². The van der Waals surface area contributed by atoms with Crippen molar-refractivity contribution in [1.82, 2.24) is 5.32 Å². The highest BCUT2D eigenvalue weighted by molar-refractivity contribution is 8.15. The van der Waals surface area contributed by atoms with Crippen molar-refractivity contribution in [3.63, 3.8) is 0 Å². The Balaban J connectivity index is 1.69. The molecule has 10 heteroatoms. The van der Waals surface area contributed by atoms with Gasteiger partial charge in [0.05, 0.1) is 17.7 Å². The molecule has 0 saturated carbocycles. The minimum absolute atomic E-state index is 0.238. The first-order chi connectivity index (χ1) is 12.4. The van der Waals surface area contributed by atoms with Gasteiger partial charge in [0, 0.05) is 10.6 Å². The van der Waals surface area contributed by atoms with Gasteiger partial charge in [0.2, 0.25) is 5.91 Å². The van der Waals surface area contributed by atoms with Gasteiger partial charge >= 0.3 is 5.97 Å². The van der Waals surface area contributed by atoms with Crippen LogP contribution in [0, 0.1) is 0 Å². The third kappa shape index (κ3) is 4.46. The van der Waals surface area contributed by atoms with Crippen LogP contribution < -0.4 is 5.32 Å². The van der Waals surface area contributed by atoms with Crippen LogP contribution in [0.15, 0.2) is 45.0 Å². The first-order valence-corrected chi connectivity index (χ1v) is 8.91. The molecule has 7 nitrogen and oxygen atoms in total. The molecule has 2 aromatic rings. The topological polar surface area (TPSA) is 104 Å². The van der Waals surface area contributed by atoms with E-state index in [9.17, 15) is 9.59 Å². The number of benzene rings is 1. The first-order valence-electron chi connectivity index (χ1n) is 7.28. The molecule has 26 heavy (non-hydrogen) atoms. The van der Waals surface area contributed by atoms with Gasteiger partial charge in [-0.3, -0.25) is 9.59 Å². The molecule has 1 aliphatic heterocycles. The summed E-state index contributed by atoms with van der Waals surface area (Å²) in [6.45, 7) is 0. The molecule has 0 radical (unpaired) electrons. The van der Waals surface area contributed by atoms with Gasteiger partial charge in [0.15, 0.2) is 5.17 Å². The van der Waals surface area contributed by atoms with Gasteiger partial charge in [-0.2, -0.15) is 5.10 Å². The number of aliphatic carboxylic acids is 1. The van der Waals surface area contributed by atoms with E-state index >= 15 is 0 Å². The molecule has 1 aliphatic rings. The van der Waals surface area contributed by atoms with E-state index in [1.807, 2.05) is 0 Å². The highest BCUT2D eigenvalue weighted by Crippen LogP contribution is 2.31. The molecule has 0 spiro atoms. The van der Waals surface area contributed by atoms with Crippen LogP contribution >= 0.6 is 35.0 Å². The van der Waals surface area contributed by atoms with E-state index in [1.54, 1.807) is 30.3 Å². The van der Waals surface area contributed by atoms with Gasteiger partial charge in [-0.25, -0.2) is 0 Å². The predicted molar refractivity (Wildman–Crippen MR) is 101 cm³/mol. The molecular formula is C16H11Cl2N3O4S. The summed E-state index contributed by atoms with van der Waals surface area (Å²) in [4.78, 5) is 22.3. The van der Waals surface area contributed by atoms with Crippen LogP contribution in [0.1, 0.15) is 12.2 Å². The molecule has 1 atom stereocenters. The van der Waals surface area contributed by atoms with Crippen LogP contribution in [0.4, 0.5) is 0 Å². The maximum Gasteiger partial charge on any atom is 0.305 e. The Morgan fingerprint density at radius 3 is 2.92 bits per heavy atom. The fourth-order valence-electron chi connectivity index (χ4n) is 2.14. The number of amides is 1. The summed E-state index contributed by atoms with van der Waals surface area (Å²) < 4.78 is 5.63. The third-order valence-electron chi connectivity index (χ3n) is 3.29. The average Bonchev–Trinajstić information content (AvgIpc) is 3.17. The smallest absolute Gasteiger partial charge is 0.305 e. The number of amidine groups is 1. The van der Waals surface area contributed by atoms with Crippen LogP contribution in [0.5, 0.6) is 0 Å². The second-order valence-corrected chi connectivity index (χ2v) is 7.20. The molecule has 1 aromatic carbocycles. The van der Waals surface area contributed by atoms with Crippen LogP contribution in [0.3, 0.4) is 0 Å². The highest BCUT2D eigenvalue weighted by Gasteiger charge is 2.32. The lowest BCUT2D eigenvalue weighted by Gasteiger charge is -2.00. The maximum absolute atomic E-state index is 11.6. The van der Waals surface area contributed by atoms with Gasteiger partial charge in [-0.1, -0.05) is 35.0 Å². The molecule has 134 valence electrons. The third-order valence-corrected chi connectivity index (χ3v) is 4.93. The molecule has 0 aliphatic carbocycles. The Bertz CT molecular complexity index is 926. The number of nitrogens with one attached hydrogen (secondary N) is 1. The minimum Gasteiger partial charge on any atom is -0.481 e. The molecule has 0 bridgehead atoms. The molecular weight excluding hydrogens is 401 g/mol. The molecule has 3 rings (SSSR count). The number of hydrogen-bond donors (Lipinski definition) is 2. The fourth-order valence-corrected chi connectivity index (χ4v) is 3.43. The summed E-state index contributed by atoms with van der Waals surface area (Å²) in [6.07, 6.45) is 1.09. The number of halogens is 2. The Morgan fingerprint density at radius 2 is 2.15 bits per heavy atom. The van der Waals surface area contributed by atoms with E-state index < -0.39 is 17.1 Å². The zero-order valence-corrected chi connectivity index (χ0v) is 15.3. The zero-order valence-electron chi connectivity index (χ0n) is 13.0. The second-order valence-electron chi connectivity index (χ2n) is 5.17. The number of thioether (sulfide) groups is 1. The van der Waals surface area contributed by atoms with Crippen molar-refractivity contribution in [2.45, 2.75) is 11.7 Å². The van der Waals surface area contributed by atoms with Crippen molar-refractivity contribution in [1.29, 1.82) is 0 Å². The molecule has 1 fully saturated rings. The van der Waals surface area contributed by atoms with E-state index in [0.717, 1.165) is 11.8 Å². The predicted octanol–water partition coefficient (Wildman–Crippen LogP) is 3.65. The number of nitrogens with zero attached hydrogens (tertiary/aromatic N) is 2. The number of carboxylic acids is 1. The molecule has 2 N–H and O–H groups in total. The van der Waals surface area contributed by atoms with Gasteiger partial charge in [-0.15, -0.1) is 5.10 Å². The van der Waals surface area contributed by atoms with Crippen LogP contribution in [0.2, 0.25) is 10.0 Å². The van der Waals surface area contributed by atoms with Crippen molar-refractivity contribution >= 4 is 58.2 Å². The quantitative estimate of drug-likeness (QED) is 0.576. The van der Waals surface area contributed by atoms with E-state index in [4.69, 9.17) is 32.7 Å². The SMILES string of the molecule is O=C(O)CC1S/C(=N/N=C/c2ccc(-c3cc(Cl)ccc3Cl)o2)NC1=O. The lowest BCUT2D eigenvalue weighted by Crippen LogP contribution is -2.26. The number of carboxylic acid groups (broad SMARTS) is 1. The lowest BCUT2D eigenvalue weighted by atomic mass is 10.2. The van der Waals surface area contributed by atoms with Crippen molar-refractivity contribution in [2.24, 2.45) is 10.2 Å². The summed E-state index contributed by atoms with van der Waals surface area (Å²) >= 11 is 13.1. The van der Waals surface area contributed by atoms with Gasteiger partial charge < -0.3 is 14.8 Å². The summed E-state index contributed by atoms with van der Waals surface area (Å²) in [5, 5.41) is 19.5. The van der Waals surface area contributed by atoms with Crippen molar-refractivity contribution in [3.05, 3.63) is 46.1 Å². The molecule has 1 saturated heterocycles.